The van der Waals surface area contributed by atoms with Crippen LogP contribution in [0.15, 0.2) is 17.6 Å². The molecule has 16 heavy (non-hydrogen) atoms. The van der Waals surface area contributed by atoms with Crippen molar-refractivity contribution >= 4 is 11.8 Å². The van der Waals surface area contributed by atoms with E-state index < -0.39 is 0 Å². The lowest BCUT2D eigenvalue weighted by molar-refractivity contribution is 0.500. The minimum Gasteiger partial charge on any atom is -0.329 e. The van der Waals surface area contributed by atoms with Gasteiger partial charge in [0.05, 0.1) is 0 Å². The molecule has 1 N–H and O–H groups in total. The molecule has 0 aliphatic heterocycles. The zero-order valence-electron chi connectivity index (χ0n) is 9.98. The summed E-state index contributed by atoms with van der Waals surface area (Å²) in [4.78, 5) is 4.29. The van der Waals surface area contributed by atoms with Gasteiger partial charge in [-0.3, -0.25) is 0 Å². The first kappa shape index (κ1) is 12.0. The average Bonchev–Trinajstić information content (AvgIpc) is 2.90. The number of thioether (sulfide) groups is 1. The minimum absolute atomic E-state index is 0.943. The summed E-state index contributed by atoms with van der Waals surface area (Å²) in [6.07, 6.45) is 9.59. The van der Waals surface area contributed by atoms with Crippen LogP contribution < -0.4 is 5.32 Å². The van der Waals surface area contributed by atoms with Gasteiger partial charge >= 0.3 is 0 Å². The maximum absolute atomic E-state index is 4.29. The van der Waals surface area contributed by atoms with Crippen molar-refractivity contribution in [3.8, 4) is 0 Å². The molecule has 0 spiro atoms. The second kappa shape index (κ2) is 6.30. The van der Waals surface area contributed by atoms with Crippen LogP contribution in [0.25, 0.3) is 0 Å². The molecule has 1 saturated carbocycles. The largest absolute Gasteiger partial charge is 0.329 e. The van der Waals surface area contributed by atoms with Crippen molar-refractivity contribution in [3.05, 3.63) is 12.4 Å². The fourth-order valence-corrected chi connectivity index (χ4v) is 3.06. The number of hydrogen-bond acceptors (Lipinski definition) is 3. The van der Waals surface area contributed by atoms with Crippen LogP contribution in [-0.2, 0) is 7.05 Å². The standard InChI is InChI=1S/C12H21N3S/c1-15-8-6-14-12(15)16-9-7-13-10-11-4-2-3-5-11/h6,8,11,13H,2-5,7,9-10H2,1H3. The van der Waals surface area contributed by atoms with E-state index >= 15 is 0 Å². The summed E-state index contributed by atoms with van der Waals surface area (Å²) in [6, 6.07) is 0. The van der Waals surface area contributed by atoms with E-state index in [-0.39, 0.29) is 0 Å². The lowest BCUT2D eigenvalue weighted by Gasteiger charge is -2.09. The third kappa shape index (κ3) is 3.52. The number of rotatable bonds is 6. The Labute approximate surface area is 102 Å². The topological polar surface area (TPSA) is 29.9 Å². The zero-order valence-corrected chi connectivity index (χ0v) is 10.8. The smallest absolute Gasteiger partial charge is 0.167 e. The van der Waals surface area contributed by atoms with Gasteiger partial charge in [-0.1, -0.05) is 24.6 Å². The van der Waals surface area contributed by atoms with Gasteiger partial charge in [0.25, 0.3) is 0 Å². The second-order valence-electron chi connectivity index (χ2n) is 4.52. The van der Waals surface area contributed by atoms with Gasteiger partial charge in [0.1, 0.15) is 0 Å². The van der Waals surface area contributed by atoms with Crippen LogP contribution in [0, 0.1) is 5.92 Å². The maximum Gasteiger partial charge on any atom is 0.167 e. The fraction of sp³-hybridized carbons (Fsp3) is 0.750. The van der Waals surface area contributed by atoms with E-state index in [1.165, 1.54) is 32.2 Å². The predicted molar refractivity (Wildman–Crippen MR) is 68.8 cm³/mol. The summed E-state index contributed by atoms with van der Waals surface area (Å²) < 4.78 is 2.07. The molecule has 0 amide bonds. The van der Waals surface area contributed by atoms with Crippen molar-refractivity contribution in [1.29, 1.82) is 0 Å². The molecule has 0 bridgehead atoms. The van der Waals surface area contributed by atoms with Crippen molar-refractivity contribution in [1.82, 2.24) is 14.9 Å². The second-order valence-corrected chi connectivity index (χ2v) is 5.59. The van der Waals surface area contributed by atoms with Gasteiger partial charge in [-0.15, -0.1) is 0 Å². The van der Waals surface area contributed by atoms with E-state index in [4.69, 9.17) is 0 Å². The van der Waals surface area contributed by atoms with Crippen molar-refractivity contribution < 1.29 is 0 Å². The molecule has 90 valence electrons. The monoisotopic (exact) mass is 239 g/mol. The number of nitrogens with zero attached hydrogens (tertiary/aromatic N) is 2. The van der Waals surface area contributed by atoms with Gasteiger partial charge < -0.3 is 9.88 Å². The van der Waals surface area contributed by atoms with Gasteiger partial charge in [0, 0.05) is 31.7 Å². The molecule has 1 aliphatic carbocycles. The van der Waals surface area contributed by atoms with Gasteiger partial charge in [-0.2, -0.15) is 0 Å². The Morgan fingerprint density at radius 1 is 1.50 bits per heavy atom. The highest BCUT2D eigenvalue weighted by Gasteiger charge is 2.13. The van der Waals surface area contributed by atoms with E-state index in [0.717, 1.165) is 23.4 Å². The first-order valence-corrected chi connectivity index (χ1v) is 7.15. The van der Waals surface area contributed by atoms with Crippen molar-refractivity contribution in [2.24, 2.45) is 13.0 Å². The number of nitrogens with one attached hydrogen (secondary N) is 1. The average molecular weight is 239 g/mol. The summed E-state index contributed by atoms with van der Waals surface area (Å²) >= 11 is 1.83. The summed E-state index contributed by atoms with van der Waals surface area (Å²) in [6.45, 7) is 2.30. The van der Waals surface area contributed by atoms with E-state index in [9.17, 15) is 0 Å². The molecule has 0 radical (unpaired) electrons. The molecule has 0 unspecified atom stereocenters. The highest BCUT2D eigenvalue weighted by Crippen LogP contribution is 2.23. The maximum atomic E-state index is 4.29. The highest BCUT2D eigenvalue weighted by atomic mass is 32.2. The van der Waals surface area contributed by atoms with Gasteiger partial charge in [0.15, 0.2) is 5.16 Å². The van der Waals surface area contributed by atoms with Crippen molar-refractivity contribution in [2.45, 2.75) is 30.8 Å². The zero-order chi connectivity index (χ0) is 11.2. The van der Waals surface area contributed by atoms with Crippen LogP contribution >= 0.6 is 11.8 Å². The number of hydrogen-bond donors (Lipinski definition) is 1. The Morgan fingerprint density at radius 3 is 3.00 bits per heavy atom. The van der Waals surface area contributed by atoms with Crippen LogP contribution in [0.4, 0.5) is 0 Å². The Balaban J connectivity index is 1.53. The normalized spacial score (nSPS) is 17.1. The molecule has 0 saturated heterocycles. The molecule has 1 aromatic heterocycles. The Bertz CT molecular complexity index is 305. The highest BCUT2D eigenvalue weighted by molar-refractivity contribution is 7.99. The molecule has 1 heterocycles. The molecule has 1 aromatic rings. The first-order valence-electron chi connectivity index (χ1n) is 6.17. The van der Waals surface area contributed by atoms with Crippen LogP contribution in [-0.4, -0.2) is 28.4 Å². The summed E-state index contributed by atoms with van der Waals surface area (Å²) in [5, 5.41) is 4.66. The van der Waals surface area contributed by atoms with Crippen LogP contribution in [0.2, 0.25) is 0 Å². The van der Waals surface area contributed by atoms with E-state index in [1.54, 1.807) is 0 Å². The van der Waals surface area contributed by atoms with Crippen LogP contribution in [0.5, 0.6) is 0 Å². The quantitative estimate of drug-likeness (QED) is 0.610. The number of aryl methyl sites for hydroxylation is 1. The summed E-state index contributed by atoms with van der Waals surface area (Å²) in [7, 11) is 2.04. The molecule has 2 rings (SSSR count). The van der Waals surface area contributed by atoms with Crippen molar-refractivity contribution in [2.75, 3.05) is 18.8 Å². The molecule has 3 nitrogen and oxygen atoms in total. The van der Waals surface area contributed by atoms with Gasteiger partial charge in [0.2, 0.25) is 0 Å². The Hall–Kier alpha value is -0.480. The molecule has 1 aliphatic rings. The van der Waals surface area contributed by atoms with Crippen LogP contribution in [0.1, 0.15) is 25.7 Å². The number of aromatic nitrogens is 2. The number of imidazole rings is 1. The molecule has 1 fully saturated rings. The molecule has 0 aromatic carbocycles. The van der Waals surface area contributed by atoms with E-state index in [0.29, 0.717) is 0 Å². The summed E-state index contributed by atoms with van der Waals surface area (Å²) in [5.74, 6) is 2.05. The third-order valence-corrected chi connectivity index (χ3v) is 4.25. The Kier molecular flexibility index (Phi) is 4.72. The third-order valence-electron chi connectivity index (χ3n) is 3.19. The van der Waals surface area contributed by atoms with Crippen molar-refractivity contribution in [3.63, 3.8) is 0 Å². The predicted octanol–water partition coefficient (Wildman–Crippen LogP) is 2.29. The molecule has 4 heteroatoms. The first-order chi connectivity index (χ1) is 7.86. The molecule has 0 atom stereocenters. The van der Waals surface area contributed by atoms with Crippen LogP contribution in [0.3, 0.4) is 0 Å². The lowest BCUT2D eigenvalue weighted by Crippen LogP contribution is -2.23. The molecular formula is C12H21N3S. The fourth-order valence-electron chi connectivity index (χ4n) is 2.23. The van der Waals surface area contributed by atoms with E-state index in [2.05, 4.69) is 14.9 Å². The van der Waals surface area contributed by atoms with Gasteiger partial charge in [-0.05, 0) is 25.3 Å². The van der Waals surface area contributed by atoms with E-state index in [1.807, 2.05) is 31.2 Å². The minimum atomic E-state index is 0.943. The SMILES string of the molecule is Cn1ccnc1SCCNCC1CCCC1. The van der Waals surface area contributed by atoms with Gasteiger partial charge in [-0.25, -0.2) is 4.98 Å². The molecular weight excluding hydrogens is 218 g/mol. The Morgan fingerprint density at radius 2 is 2.31 bits per heavy atom. The summed E-state index contributed by atoms with van der Waals surface area (Å²) in [5.41, 5.74) is 0. The lowest BCUT2D eigenvalue weighted by atomic mass is 10.1.